The molecule has 128 valence electrons. The van der Waals surface area contributed by atoms with Crippen molar-refractivity contribution >= 4 is 34.6 Å². The topological polar surface area (TPSA) is 43.2 Å². The van der Waals surface area contributed by atoms with Gasteiger partial charge in [-0.15, -0.1) is 0 Å². The quantitative estimate of drug-likeness (QED) is 0.356. The molecule has 5 rings (SSSR count). The largest absolute Gasteiger partial charge is 0.451 e. The SMILES string of the molecule is Fc1cccc2c1N=c1c(Cl)c3c(c(Cl)c1O2)=Nc1c(F)cccc1O3. The van der Waals surface area contributed by atoms with E-state index < -0.39 is 11.6 Å². The molecular weight excluding hydrogens is 385 g/mol. The van der Waals surface area contributed by atoms with E-state index >= 15 is 0 Å². The van der Waals surface area contributed by atoms with Crippen LogP contribution in [-0.2, 0) is 0 Å². The van der Waals surface area contributed by atoms with Crippen LogP contribution in [0.5, 0.6) is 23.0 Å². The second kappa shape index (κ2) is 5.40. The van der Waals surface area contributed by atoms with Crippen LogP contribution in [0.3, 0.4) is 0 Å². The molecule has 0 spiro atoms. The smallest absolute Gasteiger partial charge is 0.175 e. The van der Waals surface area contributed by atoms with Crippen LogP contribution in [0.4, 0.5) is 20.2 Å². The summed E-state index contributed by atoms with van der Waals surface area (Å²) in [6.07, 6.45) is 0. The fourth-order valence-corrected chi connectivity index (χ4v) is 3.34. The zero-order valence-electron chi connectivity index (χ0n) is 12.7. The lowest BCUT2D eigenvalue weighted by atomic mass is 10.2. The minimum atomic E-state index is -0.559. The van der Waals surface area contributed by atoms with Crippen molar-refractivity contribution in [3.63, 3.8) is 0 Å². The molecule has 0 aliphatic carbocycles. The highest BCUT2D eigenvalue weighted by Crippen LogP contribution is 2.43. The molecule has 0 fully saturated rings. The van der Waals surface area contributed by atoms with Gasteiger partial charge in [0.2, 0.25) is 0 Å². The zero-order valence-corrected chi connectivity index (χ0v) is 14.2. The van der Waals surface area contributed by atoms with Gasteiger partial charge in [0.15, 0.2) is 34.6 Å². The van der Waals surface area contributed by atoms with E-state index in [0.29, 0.717) is 0 Å². The minimum Gasteiger partial charge on any atom is -0.451 e. The highest BCUT2D eigenvalue weighted by Gasteiger charge is 2.28. The summed E-state index contributed by atoms with van der Waals surface area (Å²) in [5.41, 5.74) is 0.0224. The first-order valence-electron chi connectivity index (χ1n) is 7.45. The lowest BCUT2D eigenvalue weighted by molar-refractivity contribution is 0.445. The van der Waals surface area contributed by atoms with Gasteiger partial charge < -0.3 is 9.47 Å². The van der Waals surface area contributed by atoms with Gasteiger partial charge in [-0.05, 0) is 24.3 Å². The number of fused-ring (bicyclic) bond motifs is 4. The lowest BCUT2D eigenvalue weighted by Crippen LogP contribution is -2.22. The molecule has 3 aromatic rings. The van der Waals surface area contributed by atoms with Gasteiger partial charge in [-0.1, -0.05) is 35.3 Å². The van der Waals surface area contributed by atoms with Crippen molar-refractivity contribution in [1.29, 1.82) is 0 Å². The maximum Gasteiger partial charge on any atom is 0.175 e. The maximum atomic E-state index is 14.0. The summed E-state index contributed by atoms with van der Waals surface area (Å²) in [4.78, 5) is 8.48. The van der Waals surface area contributed by atoms with Gasteiger partial charge in [0.25, 0.3) is 0 Å². The fraction of sp³-hybridized carbons (Fsp3) is 0. The van der Waals surface area contributed by atoms with Crippen LogP contribution in [0.25, 0.3) is 0 Å². The number of halogens is 4. The van der Waals surface area contributed by atoms with Crippen molar-refractivity contribution in [3.05, 3.63) is 68.8 Å². The van der Waals surface area contributed by atoms with E-state index in [0.717, 1.165) is 0 Å². The van der Waals surface area contributed by atoms with Gasteiger partial charge in [-0.25, -0.2) is 18.8 Å². The van der Waals surface area contributed by atoms with Gasteiger partial charge >= 0.3 is 0 Å². The van der Waals surface area contributed by atoms with E-state index in [9.17, 15) is 8.78 Å². The van der Waals surface area contributed by atoms with Gasteiger partial charge in [-0.2, -0.15) is 0 Å². The van der Waals surface area contributed by atoms with Gasteiger partial charge in [0.1, 0.15) is 32.1 Å². The molecule has 4 nitrogen and oxygen atoms in total. The third kappa shape index (κ3) is 2.06. The summed E-state index contributed by atoms with van der Waals surface area (Å²) in [7, 11) is 0. The maximum absolute atomic E-state index is 14.0. The molecule has 0 saturated heterocycles. The molecule has 0 atom stereocenters. The number of rotatable bonds is 0. The van der Waals surface area contributed by atoms with Crippen LogP contribution in [0.15, 0.2) is 46.4 Å². The standard InChI is InChI=1S/C18H6Cl2F2N2O2/c19-11-16-18(26-10-6-2-4-8(22)14(10)24-16)12(20)15-17(11)25-9-5-1-3-7(21)13(9)23-15/h1-6H. The van der Waals surface area contributed by atoms with Crippen molar-refractivity contribution in [2.75, 3.05) is 0 Å². The third-order valence-electron chi connectivity index (χ3n) is 4.02. The van der Waals surface area contributed by atoms with E-state index in [2.05, 4.69) is 9.98 Å². The Hall–Kier alpha value is -2.70. The third-order valence-corrected chi connectivity index (χ3v) is 4.72. The Bertz CT molecular complexity index is 1150. The van der Waals surface area contributed by atoms with E-state index in [1.54, 1.807) is 12.1 Å². The Morgan fingerprint density at radius 3 is 1.54 bits per heavy atom. The first-order valence-corrected chi connectivity index (χ1v) is 8.21. The molecule has 0 aromatic heterocycles. The molecular formula is C18H6Cl2F2N2O2. The number of ether oxygens (including phenoxy) is 2. The molecule has 2 heterocycles. The van der Waals surface area contributed by atoms with Crippen LogP contribution in [0, 0.1) is 11.6 Å². The zero-order chi connectivity index (χ0) is 18.0. The number of hydrogen-bond acceptors (Lipinski definition) is 4. The van der Waals surface area contributed by atoms with Crippen LogP contribution in [-0.4, -0.2) is 0 Å². The predicted molar refractivity (Wildman–Crippen MR) is 91.0 cm³/mol. The molecule has 0 unspecified atom stereocenters. The van der Waals surface area contributed by atoms with Crippen LogP contribution in [0.2, 0.25) is 10.0 Å². The van der Waals surface area contributed by atoms with Crippen LogP contribution >= 0.6 is 23.2 Å². The molecule has 0 saturated carbocycles. The second-order valence-corrected chi connectivity index (χ2v) is 6.34. The van der Waals surface area contributed by atoms with E-state index in [4.69, 9.17) is 32.7 Å². The van der Waals surface area contributed by atoms with E-state index in [-0.39, 0.29) is 55.1 Å². The minimum absolute atomic E-state index is 0.0112. The van der Waals surface area contributed by atoms with Crippen molar-refractivity contribution in [2.45, 2.75) is 0 Å². The summed E-state index contributed by atoms with van der Waals surface area (Å²) < 4.78 is 39.5. The molecule has 3 aromatic carbocycles. The first kappa shape index (κ1) is 15.5. The highest BCUT2D eigenvalue weighted by atomic mass is 35.5. The molecule has 26 heavy (non-hydrogen) atoms. The fourth-order valence-electron chi connectivity index (χ4n) is 2.82. The van der Waals surface area contributed by atoms with Gasteiger partial charge in [0.05, 0.1) is 0 Å². The number of para-hydroxylation sites is 2. The van der Waals surface area contributed by atoms with Crippen molar-refractivity contribution in [3.8, 4) is 23.0 Å². The Kier molecular flexibility index (Phi) is 3.23. The molecule has 0 N–H and O–H groups in total. The van der Waals surface area contributed by atoms with Crippen LogP contribution < -0.4 is 20.2 Å². The molecule has 0 amide bonds. The molecule has 0 radical (unpaired) electrons. The Balaban J connectivity index is 1.88. The van der Waals surface area contributed by atoms with Crippen LogP contribution in [0.1, 0.15) is 0 Å². The highest BCUT2D eigenvalue weighted by molar-refractivity contribution is 6.35. The molecule has 2 aliphatic rings. The molecule has 8 heteroatoms. The van der Waals surface area contributed by atoms with E-state index in [1.165, 1.54) is 24.3 Å². The summed E-state index contributed by atoms with van der Waals surface area (Å²) in [5, 5.41) is 0.352. The number of nitrogens with zero attached hydrogens (tertiary/aromatic N) is 2. The Labute approximate surface area is 154 Å². The first-order chi connectivity index (χ1) is 12.5. The number of hydrogen-bond donors (Lipinski definition) is 0. The summed E-state index contributed by atoms with van der Waals surface area (Å²) in [6, 6.07) is 8.60. The normalized spacial score (nSPS) is 13.1. The van der Waals surface area contributed by atoms with Gasteiger partial charge in [-0.3, -0.25) is 0 Å². The summed E-state index contributed by atoms with van der Waals surface area (Å²) in [6.45, 7) is 0. The van der Waals surface area contributed by atoms with E-state index in [1.807, 2.05) is 0 Å². The van der Waals surface area contributed by atoms with Crippen molar-refractivity contribution in [2.24, 2.45) is 9.98 Å². The summed E-state index contributed by atoms with van der Waals surface area (Å²) in [5.74, 6) is -0.508. The molecule has 0 bridgehead atoms. The van der Waals surface area contributed by atoms with Crippen molar-refractivity contribution in [1.82, 2.24) is 0 Å². The average Bonchev–Trinajstić information content (AvgIpc) is 2.65. The Morgan fingerprint density at radius 1 is 0.692 bits per heavy atom. The van der Waals surface area contributed by atoms with Gasteiger partial charge in [0, 0.05) is 0 Å². The monoisotopic (exact) mass is 390 g/mol. The number of benzene rings is 3. The average molecular weight is 391 g/mol. The lowest BCUT2D eigenvalue weighted by Gasteiger charge is -2.20. The summed E-state index contributed by atoms with van der Waals surface area (Å²) >= 11 is 12.8. The second-order valence-electron chi connectivity index (χ2n) is 5.58. The Morgan fingerprint density at radius 2 is 1.12 bits per heavy atom. The molecule has 2 aliphatic heterocycles. The van der Waals surface area contributed by atoms with Crippen molar-refractivity contribution < 1.29 is 18.3 Å². The predicted octanol–water partition coefficient (Wildman–Crippen LogP) is 5.39.